The minimum absolute atomic E-state index is 0.00929. The van der Waals surface area contributed by atoms with Gasteiger partial charge in [-0.3, -0.25) is 4.79 Å². The van der Waals surface area contributed by atoms with Gasteiger partial charge in [0.15, 0.2) is 6.61 Å². The number of likely N-dealkylation sites (tertiary alicyclic amines) is 1. The van der Waals surface area contributed by atoms with Crippen LogP contribution in [0.5, 0.6) is 5.75 Å². The van der Waals surface area contributed by atoms with Gasteiger partial charge in [-0.15, -0.1) is 0 Å². The van der Waals surface area contributed by atoms with E-state index in [0.29, 0.717) is 31.7 Å². The van der Waals surface area contributed by atoms with Crippen molar-refractivity contribution in [3.63, 3.8) is 0 Å². The maximum atomic E-state index is 12.1. The van der Waals surface area contributed by atoms with Crippen molar-refractivity contribution in [1.29, 1.82) is 0 Å². The van der Waals surface area contributed by atoms with Crippen molar-refractivity contribution in [3.05, 3.63) is 30.3 Å². The van der Waals surface area contributed by atoms with Gasteiger partial charge in [0.1, 0.15) is 5.75 Å². The normalized spacial score (nSPS) is 16.5. The highest BCUT2D eigenvalue weighted by molar-refractivity contribution is 7.89. The van der Waals surface area contributed by atoms with Gasteiger partial charge < -0.3 is 9.64 Å². The van der Waals surface area contributed by atoms with Crippen molar-refractivity contribution in [2.45, 2.75) is 25.8 Å². The number of carbonyl (C=O) groups excluding carboxylic acids is 1. The minimum atomic E-state index is -3.18. The Labute approximate surface area is 131 Å². The molecule has 0 unspecified atom stereocenters. The molecule has 1 aromatic rings. The molecule has 2 rings (SSSR count). The highest BCUT2D eigenvalue weighted by Gasteiger charge is 2.25. The number of carbonyl (C=O) groups is 1. The fraction of sp³-hybridized carbons (Fsp3) is 0.533. The Morgan fingerprint density at radius 3 is 2.50 bits per heavy atom. The molecule has 1 fully saturated rings. The maximum absolute atomic E-state index is 12.1. The van der Waals surface area contributed by atoms with Gasteiger partial charge in [-0.2, -0.15) is 0 Å². The Morgan fingerprint density at radius 2 is 1.91 bits per heavy atom. The average molecular weight is 326 g/mol. The van der Waals surface area contributed by atoms with E-state index >= 15 is 0 Å². The number of amides is 1. The molecule has 22 heavy (non-hydrogen) atoms. The van der Waals surface area contributed by atoms with E-state index in [1.807, 2.05) is 18.2 Å². The Hall–Kier alpha value is -1.60. The first-order valence-corrected chi connectivity index (χ1v) is 9.11. The van der Waals surface area contributed by atoms with Gasteiger partial charge in [-0.05, 0) is 31.9 Å². The number of rotatable bonds is 6. The van der Waals surface area contributed by atoms with Crippen LogP contribution in [-0.4, -0.2) is 50.7 Å². The van der Waals surface area contributed by atoms with Crippen molar-refractivity contribution in [3.8, 4) is 5.75 Å². The summed E-state index contributed by atoms with van der Waals surface area (Å²) in [4.78, 5) is 13.8. The molecule has 1 aliphatic rings. The lowest BCUT2D eigenvalue weighted by molar-refractivity contribution is -0.134. The van der Waals surface area contributed by atoms with Crippen molar-refractivity contribution in [2.75, 3.05) is 25.4 Å². The number of benzene rings is 1. The second-order valence-corrected chi connectivity index (χ2v) is 7.32. The molecule has 0 aliphatic carbocycles. The number of ether oxygens (including phenoxy) is 1. The molecular formula is C15H22N2O4S. The van der Waals surface area contributed by atoms with Gasteiger partial charge in [-0.25, -0.2) is 13.1 Å². The van der Waals surface area contributed by atoms with Crippen LogP contribution in [0.3, 0.4) is 0 Å². The van der Waals surface area contributed by atoms with Crippen LogP contribution in [0.1, 0.15) is 19.8 Å². The highest BCUT2D eigenvalue weighted by atomic mass is 32.2. The Balaban J connectivity index is 1.75. The fourth-order valence-electron chi connectivity index (χ4n) is 2.34. The lowest BCUT2D eigenvalue weighted by atomic mass is 10.1. The summed E-state index contributed by atoms with van der Waals surface area (Å²) >= 11 is 0. The summed E-state index contributed by atoms with van der Waals surface area (Å²) in [6.45, 7) is 2.72. The minimum Gasteiger partial charge on any atom is -0.484 e. The Bertz CT molecular complexity index is 581. The van der Waals surface area contributed by atoms with Gasteiger partial charge in [0.25, 0.3) is 5.91 Å². The van der Waals surface area contributed by atoms with Crippen molar-refractivity contribution in [1.82, 2.24) is 9.62 Å². The molecule has 7 heteroatoms. The second kappa shape index (κ2) is 7.60. The lowest BCUT2D eigenvalue weighted by Gasteiger charge is -2.32. The third kappa shape index (κ3) is 4.99. The molecule has 1 N–H and O–H groups in total. The summed E-state index contributed by atoms with van der Waals surface area (Å²) in [5.74, 6) is 0.680. The molecule has 1 aliphatic heterocycles. The largest absolute Gasteiger partial charge is 0.484 e. The van der Waals surface area contributed by atoms with Crippen LogP contribution in [0.15, 0.2) is 30.3 Å². The van der Waals surface area contributed by atoms with Crippen LogP contribution in [0.4, 0.5) is 0 Å². The van der Waals surface area contributed by atoms with E-state index in [1.54, 1.807) is 24.0 Å². The lowest BCUT2D eigenvalue weighted by Crippen LogP contribution is -2.47. The van der Waals surface area contributed by atoms with E-state index in [0.717, 1.165) is 0 Å². The number of hydrogen-bond donors (Lipinski definition) is 1. The summed E-state index contributed by atoms with van der Waals surface area (Å²) in [7, 11) is -3.18. The van der Waals surface area contributed by atoms with Crippen molar-refractivity contribution >= 4 is 15.9 Å². The third-order valence-corrected chi connectivity index (χ3v) is 5.13. The summed E-state index contributed by atoms with van der Waals surface area (Å²) in [6.07, 6.45) is 1.27. The SMILES string of the molecule is CCS(=O)(=O)NC1CCN(C(=O)COc2ccccc2)CC1. The van der Waals surface area contributed by atoms with E-state index in [9.17, 15) is 13.2 Å². The number of sulfonamides is 1. The molecule has 1 heterocycles. The van der Waals surface area contributed by atoms with Crippen LogP contribution in [0.25, 0.3) is 0 Å². The average Bonchev–Trinajstić information content (AvgIpc) is 2.54. The van der Waals surface area contributed by atoms with E-state index < -0.39 is 10.0 Å². The van der Waals surface area contributed by atoms with Crippen LogP contribution in [0.2, 0.25) is 0 Å². The van der Waals surface area contributed by atoms with Crippen LogP contribution >= 0.6 is 0 Å². The zero-order valence-corrected chi connectivity index (χ0v) is 13.5. The van der Waals surface area contributed by atoms with Gasteiger partial charge >= 0.3 is 0 Å². The molecule has 0 radical (unpaired) electrons. The molecule has 122 valence electrons. The van der Waals surface area contributed by atoms with E-state index in [4.69, 9.17) is 4.74 Å². The summed E-state index contributed by atoms with van der Waals surface area (Å²) < 4.78 is 31.2. The molecule has 1 aromatic carbocycles. The van der Waals surface area contributed by atoms with Crippen LogP contribution in [-0.2, 0) is 14.8 Å². The van der Waals surface area contributed by atoms with Gasteiger partial charge in [0.05, 0.1) is 5.75 Å². The number of hydrogen-bond acceptors (Lipinski definition) is 4. The first kappa shape index (κ1) is 16.8. The number of nitrogens with one attached hydrogen (secondary N) is 1. The first-order valence-electron chi connectivity index (χ1n) is 7.46. The molecule has 1 saturated heterocycles. The number of para-hydroxylation sites is 1. The van der Waals surface area contributed by atoms with Crippen molar-refractivity contribution in [2.24, 2.45) is 0 Å². The predicted octanol–water partition coefficient (Wildman–Crippen LogP) is 0.996. The van der Waals surface area contributed by atoms with Gasteiger partial charge in [0.2, 0.25) is 10.0 Å². The third-order valence-electron chi connectivity index (χ3n) is 3.68. The smallest absolute Gasteiger partial charge is 0.260 e. The van der Waals surface area contributed by atoms with Gasteiger partial charge in [-0.1, -0.05) is 18.2 Å². The Morgan fingerprint density at radius 1 is 1.27 bits per heavy atom. The highest BCUT2D eigenvalue weighted by Crippen LogP contribution is 2.13. The van der Waals surface area contributed by atoms with E-state index in [-0.39, 0.29) is 24.3 Å². The predicted molar refractivity (Wildman–Crippen MR) is 84.1 cm³/mol. The van der Waals surface area contributed by atoms with Crippen molar-refractivity contribution < 1.29 is 17.9 Å². The van der Waals surface area contributed by atoms with Crippen LogP contribution < -0.4 is 9.46 Å². The monoisotopic (exact) mass is 326 g/mol. The number of piperidine rings is 1. The quantitative estimate of drug-likeness (QED) is 0.846. The molecule has 1 amide bonds. The summed E-state index contributed by atoms with van der Waals surface area (Å²) in [5.41, 5.74) is 0. The zero-order valence-electron chi connectivity index (χ0n) is 12.7. The Kier molecular flexibility index (Phi) is 5.79. The zero-order chi connectivity index (χ0) is 16.0. The molecule has 0 atom stereocenters. The molecule has 0 aromatic heterocycles. The maximum Gasteiger partial charge on any atom is 0.260 e. The number of nitrogens with zero attached hydrogens (tertiary/aromatic N) is 1. The fourth-order valence-corrected chi connectivity index (χ4v) is 3.25. The topological polar surface area (TPSA) is 75.7 Å². The van der Waals surface area contributed by atoms with E-state index in [2.05, 4.69) is 4.72 Å². The molecule has 0 spiro atoms. The summed E-state index contributed by atoms with van der Waals surface area (Å²) in [6, 6.07) is 9.12. The first-order chi connectivity index (χ1) is 10.5. The van der Waals surface area contributed by atoms with E-state index in [1.165, 1.54) is 0 Å². The molecule has 0 saturated carbocycles. The second-order valence-electron chi connectivity index (χ2n) is 5.28. The molecule has 6 nitrogen and oxygen atoms in total. The standard InChI is InChI=1S/C15H22N2O4S/c1-2-22(19,20)16-13-8-10-17(11-9-13)15(18)12-21-14-6-4-3-5-7-14/h3-7,13,16H,2,8-12H2,1H3. The van der Waals surface area contributed by atoms with Crippen LogP contribution in [0, 0.1) is 0 Å². The summed E-state index contributed by atoms with van der Waals surface area (Å²) in [5, 5.41) is 0. The van der Waals surface area contributed by atoms with Gasteiger partial charge in [0, 0.05) is 19.1 Å². The molecular weight excluding hydrogens is 304 g/mol. The molecule has 0 bridgehead atoms.